The molecule has 0 N–H and O–H groups in total. The third-order valence-corrected chi connectivity index (χ3v) is 3.58. The number of rotatable bonds is 9. The van der Waals surface area contributed by atoms with Gasteiger partial charge in [-0.05, 0) is 0 Å². The largest absolute Gasteiger partial charge is 0.101 e. The summed E-state index contributed by atoms with van der Waals surface area (Å²) in [4.78, 5) is 0. The molecule has 0 rings (SSSR count). The Morgan fingerprint density at radius 3 is 1.47 bits per heavy atom. The fourth-order valence-electron chi connectivity index (χ4n) is 2.50. The van der Waals surface area contributed by atoms with Crippen molar-refractivity contribution in [1.29, 1.82) is 0 Å². The summed E-state index contributed by atoms with van der Waals surface area (Å²) in [5.41, 5.74) is 0. The first-order valence-corrected chi connectivity index (χ1v) is 6.24. The lowest BCUT2D eigenvalue weighted by Crippen LogP contribution is -2.77. The molecule has 0 aromatic heterocycles. The van der Waals surface area contributed by atoms with Crippen molar-refractivity contribution in [1.82, 2.24) is 0 Å². The van der Waals surface area contributed by atoms with Crippen LogP contribution in [-0.4, -0.2) is 128 Å². The van der Waals surface area contributed by atoms with Gasteiger partial charge in [0.2, 0.25) is 0 Å². The third-order valence-electron chi connectivity index (χ3n) is 3.58. The van der Waals surface area contributed by atoms with Crippen molar-refractivity contribution in [3.63, 3.8) is 0 Å². The Morgan fingerprint density at radius 2 is 1.21 bits per heavy atom. The summed E-state index contributed by atoms with van der Waals surface area (Å²) in [5.74, 6) is 0. The van der Waals surface area contributed by atoms with Crippen LogP contribution in [0.15, 0.2) is 0 Å². The Hall–Kier alpha value is 1.17. The van der Waals surface area contributed by atoms with Gasteiger partial charge in [0.25, 0.3) is 0 Å². The Bertz CT molecular complexity index is 222. The SMILES string of the molecule is [B][B]B([B])B(B([B][B])B([B])[B])B(B([B])[B])B(C)[B][B]. The lowest BCUT2D eigenvalue weighted by Gasteiger charge is -2.39. The van der Waals surface area contributed by atoms with Gasteiger partial charge in [-0.15, -0.1) is 6.82 Å². The van der Waals surface area contributed by atoms with E-state index in [9.17, 15) is 0 Å². The van der Waals surface area contributed by atoms with Gasteiger partial charge in [0.05, 0.1) is 0 Å². The minimum atomic E-state index is -0.688. The second kappa shape index (κ2) is 9.99. The van der Waals surface area contributed by atoms with E-state index >= 15 is 0 Å². The molecule has 0 aromatic rings. The van der Waals surface area contributed by atoms with Gasteiger partial charge in [0, 0.05) is 128 Å². The molecular weight excluding hydrogens is 207 g/mol. The van der Waals surface area contributed by atoms with E-state index in [2.05, 4.69) is 0 Å². The fourth-order valence-corrected chi connectivity index (χ4v) is 2.50. The van der Waals surface area contributed by atoms with Gasteiger partial charge in [-0.2, -0.15) is 0 Å². The summed E-state index contributed by atoms with van der Waals surface area (Å²) in [5, 5.41) is 0. The molecule has 0 aliphatic rings. The molecule has 61 valence electrons. The zero-order valence-corrected chi connectivity index (χ0v) is 11.4. The van der Waals surface area contributed by atoms with Crippen LogP contribution in [0.3, 0.4) is 0 Å². The molecule has 0 aliphatic heterocycles. The molecule has 18 heteroatoms. The van der Waals surface area contributed by atoms with E-state index < -0.39 is 19.2 Å². The van der Waals surface area contributed by atoms with Crippen LogP contribution < -0.4 is 0 Å². The van der Waals surface area contributed by atoms with Gasteiger partial charge in [0.1, 0.15) is 0 Å². The zero-order valence-electron chi connectivity index (χ0n) is 11.4. The summed E-state index contributed by atoms with van der Waals surface area (Å²) in [6.07, 6.45) is -2.76. The molecule has 0 spiro atoms. The fraction of sp³-hybridized carbons (Fsp3) is 1.00. The van der Waals surface area contributed by atoms with Gasteiger partial charge >= 0.3 is 0 Å². The standard InChI is InChI=1S/CH3B18/c1-13(10-2)18(15(7)8)19(16(9)11-3)17(12-4)14(5)6/h1H3. The molecule has 0 amide bonds. The van der Waals surface area contributed by atoms with Gasteiger partial charge in [0.15, 0.2) is 0 Å². The van der Waals surface area contributed by atoms with Crippen LogP contribution in [0.5, 0.6) is 0 Å². The van der Waals surface area contributed by atoms with E-state index in [1.165, 1.54) is 21.2 Å². The average molecular weight is 210 g/mol. The van der Waals surface area contributed by atoms with Gasteiger partial charge in [-0.25, -0.2) is 0 Å². The highest BCUT2D eigenvalue weighted by Crippen LogP contribution is 2.04. The van der Waals surface area contributed by atoms with E-state index in [1.54, 1.807) is 0 Å². The Morgan fingerprint density at radius 1 is 0.684 bits per heavy atom. The van der Waals surface area contributed by atoms with E-state index in [4.69, 9.17) is 61.9 Å². The molecule has 0 saturated carbocycles. The molecule has 0 aromatic carbocycles. The third kappa shape index (κ3) is 5.82. The minimum absolute atomic E-state index is 0.0859. The van der Waals surface area contributed by atoms with Crippen molar-refractivity contribution in [2.24, 2.45) is 0 Å². The van der Waals surface area contributed by atoms with Gasteiger partial charge in [-0.1, -0.05) is 0 Å². The van der Waals surface area contributed by atoms with Gasteiger partial charge < -0.3 is 0 Å². The minimum Gasteiger partial charge on any atom is -0.101 e. The molecule has 0 fully saturated rings. The van der Waals surface area contributed by atoms with Crippen molar-refractivity contribution in [2.75, 3.05) is 0 Å². The van der Waals surface area contributed by atoms with Crippen LogP contribution in [0.2, 0.25) is 6.82 Å². The van der Waals surface area contributed by atoms with Crippen LogP contribution in [0.4, 0.5) is 0 Å². The topological polar surface area (TPSA) is 0 Å². The van der Waals surface area contributed by atoms with Crippen LogP contribution in [0.1, 0.15) is 0 Å². The Labute approximate surface area is 134 Å². The highest BCUT2D eigenvalue weighted by molar-refractivity contribution is 8.15. The number of hydrogen-bond acceptors (Lipinski definition) is 0. The summed E-state index contributed by atoms with van der Waals surface area (Å²) in [7, 11) is 50.3. The Balaban J connectivity index is 5.39. The molecule has 0 heterocycles. The molecule has 0 aliphatic carbocycles. The quantitative estimate of drug-likeness (QED) is 0.332. The first-order chi connectivity index (χ1) is 8.81. The van der Waals surface area contributed by atoms with Crippen LogP contribution in [0, 0.1) is 0 Å². The molecule has 0 bridgehead atoms. The lowest BCUT2D eigenvalue weighted by atomic mass is 8.43. The normalized spacial score (nSPS) is 8.89. The maximum Gasteiger partial charge on any atom is 0.0413 e. The maximum absolute atomic E-state index is 6.03. The average Bonchev–Trinajstić information content (AvgIpc) is 2.36. The highest BCUT2D eigenvalue weighted by Gasteiger charge is 2.41. The summed E-state index contributed by atoms with van der Waals surface area (Å²) in [6, 6.07) is 0. The van der Waals surface area contributed by atoms with E-state index in [-0.39, 0.29) is 25.6 Å². The van der Waals surface area contributed by atoms with E-state index in [1.807, 2.05) is 6.82 Å². The van der Waals surface area contributed by atoms with Crippen molar-refractivity contribution in [3.05, 3.63) is 0 Å². The van der Waals surface area contributed by atoms with E-state index in [0.717, 1.165) is 0 Å². The first kappa shape index (κ1) is 20.2. The van der Waals surface area contributed by atoms with Gasteiger partial charge in [-0.3, -0.25) is 0 Å². The monoisotopic (exact) mass is 213 g/mol. The molecule has 0 saturated heterocycles. The van der Waals surface area contributed by atoms with Crippen LogP contribution in [-0.2, 0) is 0 Å². The smallest absolute Gasteiger partial charge is 0.0413 e. The van der Waals surface area contributed by atoms with Crippen molar-refractivity contribution >= 4 is 128 Å². The molecule has 0 nitrogen and oxygen atoms in total. The van der Waals surface area contributed by atoms with Crippen molar-refractivity contribution in [2.45, 2.75) is 6.82 Å². The molecule has 0 unspecified atom stereocenters. The predicted octanol–water partition coefficient (Wildman–Crippen LogP) is -6.27. The molecule has 19 heavy (non-hydrogen) atoms. The van der Waals surface area contributed by atoms with Crippen molar-refractivity contribution in [3.8, 4) is 0 Å². The lowest BCUT2D eigenvalue weighted by molar-refractivity contribution is 2.33. The summed E-state index contributed by atoms with van der Waals surface area (Å²) in [6.45, 7) is 1.81. The second-order valence-electron chi connectivity index (χ2n) is 4.90. The van der Waals surface area contributed by atoms with Crippen molar-refractivity contribution < 1.29 is 0 Å². The second-order valence-corrected chi connectivity index (χ2v) is 4.90. The summed E-state index contributed by atoms with van der Waals surface area (Å²) >= 11 is 0. The predicted molar refractivity (Wildman–Crippen MR) is 109 cm³/mol. The van der Waals surface area contributed by atoms with Crippen LogP contribution >= 0.6 is 0 Å². The Kier molecular flexibility index (Phi) is 10.6. The number of hydrogen-bond donors (Lipinski definition) is 0. The maximum atomic E-state index is 6.03. The van der Waals surface area contributed by atoms with Crippen LogP contribution in [0.25, 0.3) is 0 Å². The zero-order chi connectivity index (χ0) is 15.2. The summed E-state index contributed by atoms with van der Waals surface area (Å²) < 4.78 is 0. The first-order valence-electron chi connectivity index (χ1n) is 6.24. The molecule has 0 atom stereocenters. The highest BCUT2D eigenvalue weighted by atomic mass is 13.3. The van der Waals surface area contributed by atoms with E-state index in [0.29, 0.717) is 0 Å². The molecule has 19 radical (unpaired) electrons. The molecular formula is CH3B18.